The van der Waals surface area contributed by atoms with E-state index in [0.29, 0.717) is 24.2 Å². The number of aromatic nitrogens is 1. The zero-order valence-corrected chi connectivity index (χ0v) is 17.2. The van der Waals surface area contributed by atoms with Gasteiger partial charge in [0, 0.05) is 44.5 Å². The molecule has 31 heavy (non-hydrogen) atoms. The molecule has 0 radical (unpaired) electrons. The summed E-state index contributed by atoms with van der Waals surface area (Å²) in [6.45, 7) is 3.57. The Morgan fingerprint density at radius 2 is 1.65 bits per heavy atom. The van der Waals surface area contributed by atoms with Gasteiger partial charge in [-0.05, 0) is 29.8 Å². The third-order valence-electron chi connectivity index (χ3n) is 5.96. The maximum Gasteiger partial charge on any atom is 0.175 e. The van der Waals surface area contributed by atoms with Crippen LogP contribution in [0, 0.1) is 5.82 Å². The van der Waals surface area contributed by atoms with Gasteiger partial charge in [-0.25, -0.2) is 4.39 Å². The highest BCUT2D eigenvalue weighted by Crippen LogP contribution is 2.32. The van der Waals surface area contributed by atoms with Crippen molar-refractivity contribution < 1.29 is 14.0 Å². The number of rotatable bonds is 5. The van der Waals surface area contributed by atoms with Crippen molar-refractivity contribution in [3.63, 3.8) is 0 Å². The number of phenolic OH excluding ortho intramolecular Hbond substituents is 1. The van der Waals surface area contributed by atoms with Gasteiger partial charge in [0.15, 0.2) is 5.58 Å². The van der Waals surface area contributed by atoms with Crippen LogP contribution in [-0.2, 0) is 13.0 Å². The average molecular weight is 417 g/mol. The van der Waals surface area contributed by atoms with Crippen LogP contribution in [0.4, 0.5) is 10.1 Å². The topological polar surface area (TPSA) is 52.7 Å². The van der Waals surface area contributed by atoms with Crippen LogP contribution in [0.25, 0.3) is 11.0 Å². The molecule has 1 fully saturated rings. The zero-order valence-electron chi connectivity index (χ0n) is 17.2. The first-order valence-electron chi connectivity index (χ1n) is 10.5. The van der Waals surface area contributed by atoms with Crippen molar-refractivity contribution in [3.8, 4) is 5.75 Å². The van der Waals surface area contributed by atoms with E-state index < -0.39 is 0 Å². The fraction of sp³-hybridized carbons (Fsp3) is 0.240. The largest absolute Gasteiger partial charge is 0.507 e. The average Bonchev–Trinajstić information content (AvgIpc) is 3.20. The summed E-state index contributed by atoms with van der Waals surface area (Å²) < 4.78 is 19.8. The number of hydrogen-bond donors (Lipinski definition) is 1. The molecule has 1 aromatic heterocycles. The van der Waals surface area contributed by atoms with Crippen molar-refractivity contribution >= 4 is 16.7 Å². The molecule has 0 unspecified atom stereocenters. The highest BCUT2D eigenvalue weighted by atomic mass is 19.1. The van der Waals surface area contributed by atoms with E-state index in [9.17, 15) is 9.50 Å². The summed E-state index contributed by atoms with van der Waals surface area (Å²) in [5, 5.41) is 15.8. The van der Waals surface area contributed by atoms with Crippen LogP contribution in [0.15, 0.2) is 71.3 Å². The lowest BCUT2D eigenvalue weighted by Gasteiger charge is -2.36. The minimum atomic E-state index is -0.189. The second-order valence-corrected chi connectivity index (χ2v) is 7.95. The summed E-state index contributed by atoms with van der Waals surface area (Å²) in [5.41, 5.74) is 4.07. The number of hydrogen-bond acceptors (Lipinski definition) is 5. The molecule has 5 nitrogen and oxygen atoms in total. The van der Waals surface area contributed by atoms with E-state index in [1.54, 1.807) is 12.1 Å². The molecule has 1 aliphatic rings. The quantitative estimate of drug-likeness (QED) is 0.515. The normalized spacial score (nSPS) is 14.9. The Labute approximate surface area is 180 Å². The molecule has 5 rings (SSSR count). The number of anilines is 1. The third-order valence-corrected chi connectivity index (χ3v) is 5.96. The lowest BCUT2D eigenvalue weighted by atomic mass is 10.0. The van der Waals surface area contributed by atoms with E-state index in [2.05, 4.69) is 27.1 Å². The van der Waals surface area contributed by atoms with Crippen LogP contribution >= 0.6 is 0 Å². The number of nitrogens with zero attached hydrogens (tertiary/aromatic N) is 3. The molecule has 0 atom stereocenters. The minimum Gasteiger partial charge on any atom is -0.507 e. The molecule has 2 heterocycles. The number of piperazine rings is 1. The van der Waals surface area contributed by atoms with Crippen LogP contribution in [0.2, 0.25) is 0 Å². The lowest BCUT2D eigenvalue weighted by Crippen LogP contribution is -2.46. The summed E-state index contributed by atoms with van der Waals surface area (Å²) in [5.74, 6) is 0.0254. The molecule has 4 aromatic rings. The van der Waals surface area contributed by atoms with E-state index in [0.717, 1.165) is 48.4 Å². The number of para-hydroxylation sites is 1. The number of halogens is 1. The second kappa shape index (κ2) is 8.40. The van der Waals surface area contributed by atoms with Gasteiger partial charge < -0.3 is 14.5 Å². The van der Waals surface area contributed by atoms with Gasteiger partial charge in [0.25, 0.3) is 0 Å². The van der Waals surface area contributed by atoms with E-state index in [4.69, 9.17) is 4.52 Å². The smallest absolute Gasteiger partial charge is 0.175 e. The van der Waals surface area contributed by atoms with Gasteiger partial charge in [-0.1, -0.05) is 47.6 Å². The molecule has 0 aliphatic carbocycles. The molecule has 6 heteroatoms. The maximum atomic E-state index is 14.1. The molecular weight excluding hydrogens is 393 g/mol. The molecule has 158 valence electrons. The third kappa shape index (κ3) is 3.99. The molecule has 1 N–H and O–H groups in total. The van der Waals surface area contributed by atoms with Crippen molar-refractivity contribution in [2.24, 2.45) is 0 Å². The van der Waals surface area contributed by atoms with Gasteiger partial charge in [0.05, 0.1) is 16.9 Å². The van der Waals surface area contributed by atoms with Crippen molar-refractivity contribution in [1.29, 1.82) is 0 Å². The van der Waals surface area contributed by atoms with Gasteiger partial charge in [0.1, 0.15) is 11.6 Å². The van der Waals surface area contributed by atoms with E-state index in [1.807, 2.05) is 36.4 Å². The van der Waals surface area contributed by atoms with Crippen LogP contribution < -0.4 is 4.90 Å². The van der Waals surface area contributed by atoms with Gasteiger partial charge in [-0.15, -0.1) is 0 Å². The molecule has 0 spiro atoms. The van der Waals surface area contributed by atoms with Crippen molar-refractivity contribution in [2.75, 3.05) is 31.1 Å². The Hall–Kier alpha value is -3.38. The molecule has 3 aromatic carbocycles. The van der Waals surface area contributed by atoms with Crippen LogP contribution in [0.5, 0.6) is 5.75 Å². The Morgan fingerprint density at radius 3 is 2.42 bits per heavy atom. The molecule has 0 amide bonds. The first kappa shape index (κ1) is 19.6. The van der Waals surface area contributed by atoms with Crippen LogP contribution in [0.3, 0.4) is 0 Å². The second-order valence-electron chi connectivity index (χ2n) is 7.95. The van der Waals surface area contributed by atoms with Gasteiger partial charge >= 0.3 is 0 Å². The Kier molecular flexibility index (Phi) is 5.30. The van der Waals surface area contributed by atoms with Crippen molar-refractivity contribution in [1.82, 2.24) is 10.1 Å². The minimum absolute atomic E-state index is 0.189. The number of aromatic hydroxyl groups is 1. The highest BCUT2D eigenvalue weighted by Gasteiger charge is 2.23. The Morgan fingerprint density at radius 1 is 0.903 bits per heavy atom. The summed E-state index contributed by atoms with van der Waals surface area (Å²) in [7, 11) is 0. The lowest BCUT2D eigenvalue weighted by molar-refractivity contribution is 0.245. The van der Waals surface area contributed by atoms with Gasteiger partial charge in [0.2, 0.25) is 0 Å². The maximum absolute atomic E-state index is 14.1. The monoisotopic (exact) mass is 417 g/mol. The molecular formula is C25H24FN3O2. The van der Waals surface area contributed by atoms with E-state index in [-0.39, 0.29) is 11.6 Å². The van der Waals surface area contributed by atoms with Crippen LogP contribution in [0.1, 0.15) is 16.8 Å². The van der Waals surface area contributed by atoms with E-state index in [1.165, 1.54) is 6.07 Å². The zero-order chi connectivity index (χ0) is 21.2. The number of benzene rings is 3. The van der Waals surface area contributed by atoms with Crippen molar-refractivity contribution in [3.05, 3.63) is 89.4 Å². The van der Waals surface area contributed by atoms with Crippen molar-refractivity contribution in [2.45, 2.75) is 13.0 Å². The Balaban J connectivity index is 1.33. The molecule has 1 aliphatic heterocycles. The number of fused-ring (bicyclic) bond motifs is 1. The highest BCUT2D eigenvalue weighted by molar-refractivity contribution is 5.84. The summed E-state index contributed by atoms with van der Waals surface area (Å²) in [4.78, 5) is 4.32. The molecule has 0 bridgehead atoms. The van der Waals surface area contributed by atoms with Gasteiger partial charge in [-0.3, -0.25) is 4.90 Å². The molecule has 1 saturated heterocycles. The summed E-state index contributed by atoms with van der Waals surface area (Å²) in [6.07, 6.45) is 0.680. The Bertz CT molecular complexity index is 1180. The predicted octanol–water partition coefficient (Wildman–Crippen LogP) is 4.59. The molecule has 0 saturated carbocycles. The predicted molar refractivity (Wildman–Crippen MR) is 119 cm³/mol. The number of phenols is 1. The SMILES string of the molecule is Oc1ccc2c(Cc3ccccc3)noc2c1CN1CCN(c2ccccc2F)CC1. The van der Waals surface area contributed by atoms with E-state index >= 15 is 0 Å². The van der Waals surface area contributed by atoms with Crippen LogP contribution in [-0.4, -0.2) is 41.3 Å². The first-order chi connectivity index (χ1) is 15.2. The first-order valence-corrected chi connectivity index (χ1v) is 10.5. The summed E-state index contributed by atoms with van der Waals surface area (Å²) in [6, 6.07) is 20.6. The standard InChI is InChI=1S/C25H24FN3O2/c26-21-8-4-5-9-23(21)29-14-12-28(13-15-29)17-20-24(30)11-10-19-22(27-31-25(19)20)16-18-6-2-1-3-7-18/h1-11,30H,12-17H2. The summed E-state index contributed by atoms with van der Waals surface area (Å²) >= 11 is 0. The fourth-order valence-corrected chi connectivity index (χ4v) is 4.25. The van der Waals surface area contributed by atoms with Gasteiger partial charge in [-0.2, -0.15) is 0 Å². The fourth-order valence-electron chi connectivity index (χ4n) is 4.25.